The van der Waals surface area contributed by atoms with Gasteiger partial charge in [-0.25, -0.2) is 4.84 Å². The maximum Gasteiger partial charge on any atom is 0.0595 e. The summed E-state index contributed by atoms with van der Waals surface area (Å²) >= 11 is 18.0. The van der Waals surface area contributed by atoms with Gasteiger partial charge in [0.2, 0.25) is 0 Å². The standard InChI is InChI=1S/C16H14Cl3N/c17-14-7-5-10(9-15(14)18)11-6-8-16(20-19)13-4-2-1-3-12(11)13/h1-5,7,9,11,16,20H,6,8H2/t11-,16+/m0/s1. The summed E-state index contributed by atoms with van der Waals surface area (Å²) in [5.41, 5.74) is 3.79. The van der Waals surface area contributed by atoms with Gasteiger partial charge in [0.25, 0.3) is 0 Å². The van der Waals surface area contributed by atoms with Crippen LogP contribution in [-0.4, -0.2) is 0 Å². The topological polar surface area (TPSA) is 12.0 Å². The van der Waals surface area contributed by atoms with Gasteiger partial charge in [0.15, 0.2) is 0 Å². The molecule has 0 fully saturated rings. The number of hydrogen-bond donors (Lipinski definition) is 1. The molecule has 0 heterocycles. The molecule has 3 rings (SSSR count). The van der Waals surface area contributed by atoms with Gasteiger partial charge >= 0.3 is 0 Å². The van der Waals surface area contributed by atoms with E-state index >= 15 is 0 Å². The predicted molar refractivity (Wildman–Crippen MR) is 85.7 cm³/mol. The van der Waals surface area contributed by atoms with Crippen LogP contribution in [0.3, 0.4) is 0 Å². The molecule has 2 atom stereocenters. The van der Waals surface area contributed by atoms with Gasteiger partial charge in [-0.2, -0.15) is 0 Å². The summed E-state index contributed by atoms with van der Waals surface area (Å²) in [7, 11) is 0. The van der Waals surface area contributed by atoms with Crippen LogP contribution in [0.2, 0.25) is 10.0 Å². The molecule has 1 nitrogen and oxygen atoms in total. The predicted octanol–water partition coefficient (Wildman–Crippen LogP) is 5.70. The van der Waals surface area contributed by atoms with Gasteiger partial charge in [-0.15, -0.1) is 0 Å². The third kappa shape index (κ3) is 2.56. The normalized spacial score (nSPS) is 21.6. The minimum absolute atomic E-state index is 0.215. The lowest BCUT2D eigenvalue weighted by molar-refractivity contribution is 0.505. The van der Waals surface area contributed by atoms with Gasteiger partial charge in [-0.1, -0.05) is 53.5 Å². The average molecular weight is 327 g/mol. The van der Waals surface area contributed by atoms with E-state index in [1.807, 2.05) is 12.1 Å². The van der Waals surface area contributed by atoms with Gasteiger partial charge in [-0.05, 0) is 53.4 Å². The quantitative estimate of drug-likeness (QED) is 0.698. The largest absolute Gasteiger partial charge is 0.226 e. The fraction of sp³-hybridized carbons (Fsp3) is 0.250. The van der Waals surface area contributed by atoms with Crippen molar-refractivity contribution in [3.8, 4) is 0 Å². The van der Waals surface area contributed by atoms with Crippen LogP contribution >= 0.6 is 35.0 Å². The fourth-order valence-electron chi connectivity index (χ4n) is 2.98. The van der Waals surface area contributed by atoms with E-state index in [0.717, 1.165) is 12.8 Å². The molecule has 0 unspecified atom stereocenters. The third-order valence-corrected chi connectivity index (χ3v) is 4.97. The van der Waals surface area contributed by atoms with Crippen LogP contribution in [0.25, 0.3) is 0 Å². The first-order valence-corrected chi connectivity index (χ1v) is 7.74. The van der Waals surface area contributed by atoms with E-state index in [0.29, 0.717) is 16.0 Å². The van der Waals surface area contributed by atoms with Gasteiger partial charge in [-0.3, -0.25) is 0 Å². The van der Waals surface area contributed by atoms with Gasteiger partial charge in [0.05, 0.1) is 10.0 Å². The van der Waals surface area contributed by atoms with Gasteiger partial charge in [0.1, 0.15) is 0 Å². The van der Waals surface area contributed by atoms with Crippen molar-refractivity contribution in [2.75, 3.05) is 0 Å². The van der Waals surface area contributed by atoms with Gasteiger partial charge in [0, 0.05) is 12.0 Å². The molecule has 0 aliphatic heterocycles. The maximum atomic E-state index is 6.15. The van der Waals surface area contributed by atoms with Crippen LogP contribution in [0.1, 0.15) is 41.5 Å². The molecule has 0 spiro atoms. The van der Waals surface area contributed by atoms with Crippen LogP contribution in [-0.2, 0) is 0 Å². The zero-order valence-corrected chi connectivity index (χ0v) is 13.0. The minimum Gasteiger partial charge on any atom is -0.226 e. The Kier molecular flexibility index (Phi) is 4.23. The molecule has 0 saturated heterocycles. The molecule has 104 valence electrons. The van der Waals surface area contributed by atoms with E-state index in [1.165, 1.54) is 16.7 Å². The van der Waals surface area contributed by atoms with Crippen molar-refractivity contribution in [2.24, 2.45) is 0 Å². The summed E-state index contributed by atoms with van der Waals surface area (Å²) in [6, 6.07) is 14.5. The first-order valence-electron chi connectivity index (χ1n) is 6.60. The van der Waals surface area contributed by atoms with Crippen molar-refractivity contribution in [2.45, 2.75) is 24.8 Å². The Morgan fingerprint density at radius 3 is 2.35 bits per heavy atom. The summed E-state index contributed by atoms with van der Waals surface area (Å²) in [5, 5.41) is 1.21. The van der Waals surface area contributed by atoms with Crippen molar-refractivity contribution in [1.82, 2.24) is 4.84 Å². The molecule has 4 heteroatoms. The molecule has 0 saturated carbocycles. The molecule has 1 aliphatic rings. The van der Waals surface area contributed by atoms with E-state index in [-0.39, 0.29) is 6.04 Å². The van der Waals surface area contributed by atoms with Crippen molar-refractivity contribution in [1.29, 1.82) is 0 Å². The smallest absolute Gasteiger partial charge is 0.0595 e. The Balaban J connectivity index is 2.05. The van der Waals surface area contributed by atoms with Crippen molar-refractivity contribution >= 4 is 35.0 Å². The molecule has 2 aromatic rings. The molecule has 0 aromatic heterocycles. The molecule has 0 radical (unpaired) electrons. The van der Waals surface area contributed by atoms with Crippen LogP contribution in [0.4, 0.5) is 0 Å². The monoisotopic (exact) mass is 325 g/mol. The van der Waals surface area contributed by atoms with Crippen LogP contribution < -0.4 is 4.84 Å². The zero-order chi connectivity index (χ0) is 14.1. The molecule has 2 aromatic carbocycles. The van der Waals surface area contributed by atoms with Crippen molar-refractivity contribution < 1.29 is 0 Å². The minimum atomic E-state index is 0.215. The first-order chi connectivity index (χ1) is 9.70. The second-order valence-corrected chi connectivity index (χ2v) is 6.13. The highest BCUT2D eigenvalue weighted by atomic mass is 35.5. The summed E-state index contributed by atoms with van der Waals surface area (Å²) in [5.74, 6) is 0.349. The average Bonchev–Trinajstić information content (AvgIpc) is 2.49. The molecule has 0 amide bonds. The van der Waals surface area contributed by atoms with Gasteiger partial charge < -0.3 is 0 Å². The lowest BCUT2D eigenvalue weighted by Crippen LogP contribution is -2.21. The highest BCUT2D eigenvalue weighted by Crippen LogP contribution is 2.42. The Bertz CT molecular complexity index is 627. The summed E-state index contributed by atoms with van der Waals surface area (Å²) in [4.78, 5) is 2.88. The number of fused-ring (bicyclic) bond motifs is 1. The number of hydrogen-bond acceptors (Lipinski definition) is 1. The van der Waals surface area contributed by atoms with E-state index in [2.05, 4.69) is 35.2 Å². The summed E-state index contributed by atoms with van der Waals surface area (Å²) < 4.78 is 0. The lowest BCUT2D eigenvalue weighted by atomic mass is 9.77. The number of halogens is 3. The molecule has 0 bridgehead atoms. The van der Waals surface area contributed by atoms with Crippen LogP contribution in [0.5, 0.6) is 0 Å². The molecular weight excluding hydrogens is 313 g/mol. The van der Waals surface area contributed by atoms with E-state index < -0.39 is 0 Å². The summed E-state index contributed by atoms with van der Waals surface area (Å²) in [6.45, 7) is 0. The van der Waals surface area contributed by atoms with E-state index in [9.17, 15) is 0 Å². The third-order valence-electron chi connectivity index (χ3n) is 3.97. The molecular formula is C16H14Cl3N. The summed E-state index contributed by atoms with van der Waals surface area (Å²) in [6.07, 6.45) is 2.05. The number of benzene rings is 2. The second kappa shape index (κ2) is 5.95. The van der Waals surface area contributed by atoms with E-state index in [4.69, 9.17) is 35.0 Å². The van der Waals surface area contributed by atoms with Crippen molar-refractivity contribution in [3.63, 3.8) is 0 Å². The Labute approximate surface area is 134 Å². The Morgan fingerprint density at radius 2 is 1.65 bits per heavy atom. The molecule has 20 heavy (non-hydrogen) atoms. The fourth-order valence-corrected chi connectivity index (χ4v) is 3.51. The van der Waals surface area contributed by atoms with Crippen LogP contribution in [0, 0.1) is 0 Å². The van der Waals surface area contributed by atoms with Crippen molar-refractivity contribution in [3.05, 3.63) is 69.2 Å². The van der Waals surface area contributed by atoms with Crippen LogP contribution in [0.15, 0.2) is 42.5 Å². The number of nitrogens with one attached hydrogen (secondary N) is 1. The maximum absolute atomic E-state index is 6.15. The second-order valence-electron chi connectivity index (χ2n) is 5.09. The highest BCUT2D eigenvalue weighted by molar-refractivity contribution is 6.42. The zero-order valence-electron chi connectivity index (χ0n) is 10.7. The SMILES string of the molecule is ClN[C@@H]1CC[C@@H](c2ccc(Cl)c(Cl)c2)c2ccccc21. The van der Waals surface area contributed by atoms with E-state index in [1.54, 1.807) is 0 Å². The molecule has 1 aliphatic carbocycles. The Hall–Kier alpha value is -0.730. The Morgan fingerprint density at radius 1 is 0.900 bits per heavy atom. The highest BCUT2D eigenvalue weighted by Gasteiger charge is 2.27. The lowest BCUT2D eigenvalue weighted by Gasteiger charge is -2.31. The number of rotatable bonds is 2. The first kappa shape index (κ1) is 14.2. The molecule has 1 N–H and O–H groups in total.